The Labute approximate surface area is 73.5 Å². The molecule has 2 amide bonds. The highest BCUT2D eigenvalue weighted by Crippen LogP contribution is 1.92. The number of carbonyl (C=O) groups excluding carboxylic acids is 1. The summed E-state index contributed by atoms with van der Waals surface area (Å²) in [6.07, 6.45) is 1.79. The topological polar surface area (TPSA) is 52.6 Å². The normalized spacial score (nSPS) is 10.1. The first-order chi connectivity index (χ1) is 5.57. The second kappa shape index (κ2) is 5.83. The number of hydrogen-bond acceptors (Lipinski definition) is 2. The highest BCUT2D eigenvalue weighted by atomic mass is 16.5. The predicted molar refractivity (Wildman–Crippen MR) is 47.1 cm³/mol. The molecule has 0 fully saturated rings. The van der Waals surface area contributed by atoms with Crippen LogP contribution in [0.15, 0.2) is 0 Å². The van der Waals surface area contributed by atoms with E-state index in [-0.39, 0.29) is 6.04 Å². The summed E-state index contributed by atoms with van der Waals surface area (Å²) in [4.78, 5) is 11.0. The Morgan fingerprint density at radius 2 is 2.17 bits per heavy atom. The fraction of sp³-hybridized carbons (Fsp3) is 0.875. The van der Waals surface area contributed by atoms with Gasteiger partial charge in [-0.15, -0.1) is 0 Å². The van der Waals surface area contributed by atoms with E-state index in [1.54, 1.807) is 0 Å². The third kappa shape index (κ3) is 4.96. The maximum Gasteiger partial charge on any atom is 0.341 e. The molecule has 0 rings (SSSR count). The monoisotopic (exact) mass is 174 g/mol. The molecular formula is C8H18N2O2. The Balaban J connectivity index is 3.61. The second-order valence-corrected chi connectivity index (χ2v) is 3.08. The summed E-state index contributed by atoms with van der Waals surface area (Å²) < 4.78 is 0. The average molecular weight is 174 g/mol. The maximum absolute atomic E-state index is 11.0. The van der Waals surface area contributed by atoms with Crippen molar-refractivity contribution in [1.29, 1.82) is 0 Å². The van der Waals surface area contributed by atoms with Gasteiger partial charge in [0.2, 0.25) is 0 Å². The first-order valence-electron chi connectivity index (χ1n) is 4.34. The summed E-state index contributed by atoms with van der Waals surface area (Å²) in [5.74, 6) is 0. The van der Waals surface area contributed by atoms with E-state index in [9.17, 15) is 4.79 Å². The molecule has 0 atom stereocenters. The molecule has 0 unspecified atom stereocenters. The molecule has 2 N–H and O–H groups in total. The molecule has 0 radical (unpaired) electrons. The van der Waals surface area contributed by atoms with E-state index in [4.69, 9.17) is 5.21 Å². The molecule has 4 heteroatoms. The summed E-state index contributed by atoms with van der Waals surface area (Å²) in [6, 6.07) is -0.354. The van der Waals surface area contributed by atoms with Gasteiger partial charge in [0.05, 0.1) is 6.54 Å². The third-order valence-electron chi connectivity index (χ3n) is 1.37. The molecule has 12 heavy (non-hydrogen) atoms. The van der Waals surface area contributed by atoms with E-state index >= 15 is 0 Å². The van der Waals surface area contributed by atoms with Gasteiger partial charge in [-0.1, -0.05) is 13.3 Å². The van der Waals surface area contributed by atoms with Crippen LogP contribution in [0, 0.1) is 0 Å². The Kier molecular flexibility index (Phi) is 5.45. The number of hydroxylamine groups is 2. The smallest absolute Gasteiger partial charge is 0.334 e. The predicted octanol–water partition coefficient (Wildman–Crippen LogP) is 1.60. The van der Waals surface area contributed by atoms with Crippen LogP contribution in [0.5, 0.6) is 0 Å². The fourth-order valence-corrected chi connectivity index (χ4v) is 0.731. The fourth-order valence-electron chi connectivity index (χ4n) is 0.731. The highest BCUT2D eigenvalue weighted by molar-refractivity contribution is 5.72. The molecule has 0 bridgehead atoms. The van der Waals surface area contributed by atoms with E-state index in [0.29, 0.717) is 6.54 Å². The van der Waals surface area contributed by atoms with Gasteiger partial charge < -0.3 is 5.32 Å². The van der Waals surface area contributed by atoms with E-state index in [2.05, 4.69) is 5.32 Å². The van der Waals surface area contributed by atoms with Crippen molar-refractivity contribution in [1.82, 2.24) is 10.4 Å². The highest BCUT2D eigenvalue weighted by Gasteiger charge is 2.09. The van der Waals surface area contributed by atoms with Crippen LogP contribution in [0.1, 0.15) is 33.6 Å². The van der Waals surface area contributed by atoms with Gasteiger partial charge in [-0.3, -0.25) is 5.21 Å². The number of rotatable bonds is 4. The molecule has 4 nitrogen and oxygen atoms in total. The molecule has 0 saturated heterocycles. The minimum Gasteiger partial charge on any atom is -0.334 e. The molecule has 0 aliphatic heterocycles. The molecule has 72 valence electrons. The molecule has 0 heterocycles. The summed E-state index contributed by atoms with van der Waals surface area (Å²) in [5, 5.41) is 12.4. The van der Waals surface area contributed by atoms with Crippen LogP contribution in [-0.4, -0.2) is 28.9 Å². The van der Waals surface area contributed by atoms with Crippen molar-refractivity contribution in [2.45, 2.75) is 39.7 Å². The molecule has 0 aromatic carbocycles. The summed E-state index contributed by atoms with van der Waals surface area (Å²) in [6.45, 7) is 6.11. The van der Waals surface area contributed by atoms with Crippen LogP contribution in [0.4, 0.5) is 4.79 Å². The summed E-state index contributed by atoms with van der Waals surface area (Å²) >= 11 is 0. The van der Waals surface area contributed by atoms with Gasteiger partial charge in [0.25, 0.3) is 0 Å². The maximum atomic E-state index is 11.0. The van der Waals surface area contributed by atoms with Crippen LogP contribution >= 0.6 is 0 Å². The van der Waals surface area contributed by atoms with Crippen LogP contribution < -0.4 is 5.32 Å². The molecule has 0 aromatic heterocycles. The van der Waals surface area contributed by atoms with Gasteiger partial charge >= 0.3 is 6.03 Å². The van der Waals surface area contributed by atoms with Crippen LogP contribution in [0.3, 0.4) is 0 Å². The average Bonchev–Trinajstić information content (AvgIpc) is 1.98. The number of carbonyl (C=O) groups is 1. The Morgan fingerprint density at radius 1 is 1.58 bits per heavy atom. The molecule has 0 spiro atoms. The van der Waals surface area contributed by atoms with Crippen molar-refractivity contribution < 1.29 is 10.0 Å². The Bertz CT molecular complexity index is 137. The number of urea groups is 1. The van der Waals surface area contributed by atoms with Gasteiger partial charge in [-0.2, -0.15) is 0 Å². The zero-order chi connectivity index (χ0) is 9.56. The number of unbranched alkanes of at least 4 members (excludes halogenated alkanes) is 1. The second-order valence-electron chi connectivity index (χ2n) is 3.08. The lowest BCUT2D eigenvalue weighted by Gasteiger charge is -2.16. The van der Waals surface area contributed by atoms with Gasteiger partial charge in [0.15, 0.2) is 0 Å². The minimum absolute atomic E-state index is 0.0637. The van der Waals surface area contributed by atoms with Crippen molar-refractivity contribution in [3.63, 3.8) is 0 Å². The molecule has 0 saturated carbocycles. The minimum atomic E-state index is -0.418. The zero-order valence-electron chi connectivity index (χ0n) is 8.00. The van der Waals surface area contributed by atoms with Crippen molar-refractivity contribution in [2.75, 3.05) is 6.54 Å². The lowest BCUT2D eigenvalue weighted by atomic mass is 10.3. The summed E-state index contributed by atoms with van der Waals surface area (Å²) in [7, 11) is 0. The third-order valence-corrected chi connectivity index (χ3v) is 1.37. The van der Waals surface area contributed by atoms with Crippen LogP contribution in [0.2, 0.25) is 0 Å². The number of nitrogens with zero attached hydrogens (tertiary/aromatic N) is 1. The van der Waals surface area contributed by atoms with Crippen LogP contribution in [0.25, 0.3) is 0 Å². The van der Waals surface area contributed by atoms with E-state index in [1.807, 2.05) is 20.8 Å². The standard InChI is InChI=1S/C8H18N2O2/c1-4-5-6-10(12)8(11)9-7(2)3/h7,12H,4-6H2,1-3H3,(H,9,11). The molecule has 0 aliphatic rings. The van der Waals surface area contributed by atoms with Gasteiger partial charge in [0, 0.05) is 6.04 Å². The van der Waals surface area contributed by atoms with Gasteiger partial charge in [0.1, 0.15) is 0 Å². The van der Waals surface area contributed by atoms with Crippen molar-refractivity contribution in [3.8, 4) is 0 Å². The number of amides is 2. The van der Waals surface area contributed by atoms with Crippen LogP contribution in [-0.2, 0) is 0 Å². The Morgan fingerprint density at radius 3 is 2.58 bits per heavy atom. The lowest BCUT2D eigenvalue weighted by Crippen LogP contribution is -2.41. The van der Waals surface area contributed by atoms with E-state index < -0.39 is 6.03 Å². The van der Waals surface area contributed by atoms with Gasteiger partial charge in [-0.25, -0.2) is 9.86 Å². The van der Waals surface area contributed by atoms with E-state index in [0.717, 1.165) is 17.9 Å². The molecule has 0 aromatic rings. The molecular weight excluding hydrogens is 156 g/mol. The van der Waals surface area contributed by atoms with E-state index in [1.165, 1.54) is 0 Å². The van der Waals surface area contributed by atoms with Crippen molar-refractivity contribution >= 4 is 6.03 Å². The zero-order valence-corrected chi connectivity index (χ0v) is 8.00. The largest absolute Gasteiger partial charge is 0.341 e. The first-order valence-corrected chi connectivity index (χ1v) is 4.34. The lowest BCUT2D eigenvalue weighted by molar-refractivity contribution is -0.0444. The summed E-state index contributed by atoms with van der Waals surface area (Å²) in [5.41, 5.74) is 0. The van der Waals surface area contributed by atoms with Crippen molar-refractivity contribution in [2.24, 2.45) is 0 Å². The number of hydrogen-bond donors (Lipinski definition) is 2. The molecule has 0 aliphatic carbocycles. The SMILES string of the molecule is CCCCN(O)C(=O)NC(C)C. The van der Waals surface area contributed by atoms with Crippen molar-refractivity contribution in [3.05, 3.63) is 0 Å². The first kappa shape index (κ1) is 11.2. The quantitative estimate of drug-likeness (QED) is 0.502. The Hall–Kier alpha value is -0.770. The van der Waals surface area contributed by atoms with Gasteiger partial charge in [-0.05, 0) is 20.3 Å². The number of nitrogens with one attached hydrogen (secondary N) is 1.